The molecule has 0 radical (unpaired) electrons. The molecule has 0 bridgehead atoms. The van der Waals surface area contributed by atoms with Crippen LogP contribution >= 0.6 is 0 Å². The molecule has 0 fully saturated rings. The van der Waals surface area contributed by atoms with Gasteiger partial charge >= 0.3 is 0 Å². The summed E-state index contributed by atoms with van der Waals surface area (Å²) < 4.78 is 24.3. The van der Waals surface area contributed by atoms with Crippen LogP contribution < -0.4 is 0 Å². The number of hydrogen-bond acceptors (Lipinski definition) is 7. The van der Waals surface area contributed by atoms with Gasteiger partial charge in [-0.05, 0) is 28.0 Å². The van der Waals surface area contributed by atoms with Crippen LogP contribution in [-0.2, 0) is 9.84 Å². The average Bonchev–Trinajstić information content (AvgIpc) is 3.14. The number of sulfone groups is 1. The second-order valence-corrected chi connectivity index (χ2v) is 7.49. The minimum absolute atomic E-state index is 0.103. The van der Waals surface area contributed by atoms with E-state index in [4.69, 9.17) is 5.11 Å². The Morgan fingerprint density at radius 1 is 1.16 bits per heavy atom. The predicted octanol–water partition coefficient (Wildman–Crippen LogP) is 0.963. The number of tetrazole rings is 1. The highest BCUT2D eigenvalue weighted by Gasteiger charge is 2.22. The molecule has 1 atom stereocenters. The molecule has 0 aliphatic rings. The zero-order chi connectivity index (χ0) is 18.0. The Morgan fingerprint density at radius 3 is 2.44 bits per heavy atom. The Labute approximate surface area is 144 Å². The summed E-state index contributed by atoms with van der Waals surface area (Å²) in [6, 6.07) is 11.7. The smallest absolute Gasteiger partial charge is 0.206 e. The molecule has 0 saturated carbocycles. The molecule has 3 aromatic rings. The molecule has 0 aliphatic carbocycles. The molecular formula is C16H16N4O4S. The Balaban J connectivity index is 2.20. The fourth-order valence-electron chi connectivity index (χ4n) is 2.57. The van der Waals surface area contributed by atoms with E-state index in [0.717, 1.165) is 11.8 Å². The van der Waals surface area contributed by atoms with E-state index in [-0.39, 0.29) is 17.3 Å². The first kappa shape index (κ1) is 17.2. The topological polar surface area (TPSA) is 129 Å². The highest BCUT2D eigenvalue weighted by Crippen LogP contribution is 2.35. The lowest BCUT2D eigenvalue weighted by Gasteiger charge is -2.13. The van der Waals surface area contributed by atoms with Crippen LogP contribution in [0.2, 0.25) is 0 Å². The maximum absolute atomic E-state index is 12.2. The normalized spacial score (nSPS) is 12.9. The van der Waals surface area contributed by atoms with Crippen LogP contribution in [0.4, 0.5) is 0 Å². The molecule has 0 amide bonds. The minimum Gasteiger partial charge on any atom is -0.393 e. The third kappa shape index (κ3) is 3.43. The summed E-state index contributed by atoms with van der Waals surface area (Å²) in [5, 5.41) is 32.4. The van der Waals surface area contributed by atoms with Crippen LogP contribution in [0.3, 0.4) is 0 Å². The standard InChI is InChI=1S/C16H16N4O4S/c1-25(23,24)14-4-2-3-12(15(14)16-17-19-20-18-16)10-5-7-11(8-6-10)13(22)9-21/h2-8,13,21-22H,9H2,1H3,(H,17,18,19,20). The van der Waals surface area contributed by atoms with Gasteiger partial charge in [-0.1, -0.05) is 36.4 Å². The molecule has 1 unspecified atom stereocenters. The van der Waals surface area contributed by atoms with Gasteiger partial charge in [0.2, 0.25) is 5.82 Å². The number of aliphatic hydroxyl groups excluding tert-OH is 2. The first-order chi connectivity index (χ1) is 11.9. The lowest BCUT2D eigenvalue weighted by molar-refractivity contribution is 0.0956. The zero-order valence-corrected chi connectivity index (χ0v) is 14.1. The number of benzene rings is 2. The number of H-pyrrole nitrogens is 1. The molecule has 0 aliphatic heterocycles. The second kappa shape index (κ2) is 6.71. The number of aromatic amines is 1. The lowest BCUT2D eigenvalue weighted by atomic mass is 9.97. The fourth-order valence-corrected chi connectivity index (χ4v) is 3.47. The summed E-state index contributed by atoms with van der Waals surface area (Å²) in [7, 11) is -3.51. The number of hydrogen-bond donors (Lipinski definition) is 3. The molecule has 0 spiro atoms. The molecule has 130 valence electrons. The van der Waals surface area contributed by atoms with Gasteiger partial charge in [0, 0.05) is 11.8 Å². The van der Waals surface area contributed by atoms with Gasteiger partial charge in [-0.3, -0.25) is 0 Å². The first-order valence-corrected chi connectivity index (χ1v) is 9.27. The van der Waals surface area contributed by atoms with E-state index in [2.05, 4.69) is 20.6 Å². The van der Waals surface area contributed by atoms with Crippen molar-refractivity contribution in [3.05, 3.63) is 48.0 Å². The highest BCUT2D eigenvalue weighted by molar-refractivity contribution is 7.90. The lowest BCUT2D eigenvalue weighted by Crippen LogP contribution is -2.03. The van der Waals surface area contributed by atoms with Crippen molar-refractivity contribution >= 4 is 9.84 Å². The van der Waals surface area contributed by atoms with E-state index in [0.29, 0.717) is 16.7 Å². The van der Waals surface area contributed by atoms with Crippen LogP contribution in [0.25, 0.3) is 22.5 Å². The largest absolute Gasteiger partial charge is 0.393 e. The summed E-state index contributed by atoms with van der Waals surface area (Å²) in [6.45, 7) is -0.378. The van der Waals surface area contributed by atoms with Crippen molar-refractivity contribution in [1.29, 1.82) is 0 Å². The number of aliphatic hydroxyl groups is 2. The SMILES string of the molecule is CS(=O)(=O)c1cccc(-c2ccc(C(O)CO)cc2)c1-c1nn[nH]n1. The van der Waals surface area contributed by atoms with Crippen molar-refractivity contribution in [1.82, 2.24) is 20.6 Å². The second-order valence-electron chi connectivity index (χ2n) is 5.51. The number of nitrogens with zero attached hydrogens (tertiary/aromatic N) is 3. The van der Waals surface area contributed by atoms with Crippen LogP contribution in [0.1, 0.15) is 11.7 Å². The van der Waals surface area contributed by atoms with E-state index in [9.17, 15) is 13.5 Å². The molecule has 0 saturated heterocycles. The molecule has 25 heavy (non-hydrogen) atoms. The summed E-state index contributed by atoms with van der Waals surface area (Å²) in [6.07, 6.45) is 0.157. The molecule has 1 heterocycles. The molecule has 8 nitrogen and oxygen atoms in total. The molecular weight excluding hydrogens is 344 g/mol. The maximum Gasteiger partial charge on any atom is 0.206 e. The number of aromatic nitrogens is 4. The van der Waals surface area contributed by atoms with Gasteiger partial charge in [-0.2, -0.15) is 5.21 Å². The molecule has 2 aromatic carbocycles. The molecule has 3 rings (SSSR count). The van der Waals surface area contributed by atoms with Gasteiger partial charge in [0.05, 0.1) is 11.5 Å². The number of rotatable bonds is 5. The van der Waals surface area contributed by atoms with Crippen molar-refractivity contribution in [2.75, 3.05) is 12.9 Å². The Bertz CT molecular complexity index is 970. The Hall–Kier alpha value is -2.62. The van der Waals surface area contributed by atoms with Gasteiger partial charge < -0.3 is 10.2 Å². The summed E-state index contributed by atoms with van der Waals surface area (Å²) in [5.74, 6) is 0.176. The third-order valence-electron chi connectivity index (χ3n) is 3.77. The van der Waals surface area contributed by atoms with Crippen molar-refractivity contribution in [2.45, 2.75) is 11.0 Å². The quantitative estimate of drug-likeness (QED) is 0.618. The van der Waals surface area contributed by atoms with Crippen molar-refractivity contribution in [3.8, 4) is 22.5 Å². The highest BCUT2D eigenvalue weighted by atomic mass is 32.2. The molecule has 9 heteroatoms. The summed E-state index contributed by atoms with van der Waals surface area (Å²) in [5.41, 5.74) is 2.26. The van der Waals surface area contributed by atoms with E-state index in [1.54, 1.807) is 36.4 Å². The van der Waals surface area contributed by atoms with Crippen molar-refractivity contribution in [2.24, 2.45) is 0 Å². The zero-order valence-electron chi connectivity index (χ0n) is 13.3. The van der Waals surface area contributed by atoms with E-state index in [1.165, 1.54) is 6.07 Å². The minimum atomic E-state index is -3.51. The van der Waals surface area contributed by atoms with E-state index >= 15 is 0 Å². The molecule has 1 aromatic heterocycles. The Morgan fingerprint density at radius 2 is 1.88 bits per heavy atom. The third-order valence-corrected chi connectivity index (χ3v) is 4.91. The monoisotopic (exact) mass is 360 g/mol. The predicted molar refractivity (Wildman–Crippen MR) is 90.2 cm³/mol. The van der Waals surface area contributed by atoms with Crippen LogP contribution in [0, 0.1) is 0 Å². The molecule has 3 N–H and O–H groups in total. The first-order valence-electron chi connectivity index (χ1n) is 7.38. The van der Waals surface area contributed by atoms with Gasteiger partial charge in [-0.15, -0.1) is 10.2 Å². The Kier molecular flexibility index (Phi) is 4.62. The average molecular weight is 360 g/mol. The van der Waals surface area contributed by atoms with Crippen LogP contribution in [0.15, 0.2) is 47.4 Å². The summed E-state index contributed by atoms with van der Waals surface area (Å²) in [4.78, 5) is 0.103. The van der Waals surface area contributed by atoms with Crippen molar-refractivity contribution in [3.63, 3.8) is 0 Å². The van der Waals surface area contributed by atoms with Gasteiger partial charge in [0.15, 0.2) is 9.84 Å². The number of nitrogens with one attached hydrogen (secondary N) is 1. The van der Waals surface area contributed by atoms with Gasteiger partial charge in [0.1, 0.15) is 6.10 Å². The van der Waals surface area contributed by atoms with Crippen LogP contribution in [0.5, 0.6) is 0 Å². The van der Waals surface area contributed by atoms with Crippen LogP contribution in [-0.4, -0.2) is 52.1 Å². The van der Waals surface area contributed by atoms with E-state index in [1.807, 2.05) is 0 Å². The van der Waals surface area contributed by atoms with Crippen molar-refractivity contribution < 1.29 is 18.6 Å². The van der Waals surface area contributed by atoms with Gasteiger partial charge in [-0.25, -0.2) is 8.42 Å². The van der Waals surface area contributed by atoms with Gasteiger partial charge in [0.25, 0.3) is 0 Å². The maximum atomic E-state index is 12.2. The van der Waals surface area contributed by atoms with E-state index < -0.39 is 15.9 Å². The fraction of sp³-hybridized carbons (Fsp3) is 0.188. The summed E-state index contributed by atoms with van der Waals surface area (Å²) >= 11 is 0.